The Hall–Kier alpha value is -0.860. The van der Waals surface area contributed by atoms with Crippen LogP contribution < -0.4 is 10.6 Å². The molecule has 0 radical (unpaired) electrons. The molecule has 22 heavy (non-hydrogen) atoms. The first-order valence-electron chi connectivity index (χ1n) is 7.90. The Bertz CT molecular complexity index is 462. The van der Waals surface area contributed by atoms with E-state index in [9.17, 15) is 0 Å². The van der Waals surface area contributed by atoms with E-state index in [4.69, 9.17) is 0 Å². The zero-order valence-electron chi connectivity index (χ0n) is 14.0. The number of hydrogen-bond donors (Lipinski definition) is 2. The van der Waals surface area contributed by atoms with E-state index in [1.165, 1.54) is 25.7 Å². The highest BCUT2D eigenvalue weighted by atomic mass is 127. The fourth-order valence-corrected chi connectivity index (χ4v) is 2.95. The van der Waals surface area contributed by atoms with E-state index in [2.05, 4.69) is 39.7 Å². The van der Waals surface area contributed by atoms with Crippen molar-refractivity contribution < 1.29 is 0 Å². The van der Waals surface area contributed by atoms with E-state index in [0.717, 1.165) is 23.6 Å². The van der Waals surface area contributed by atoms with Crippen molar-refractivity contribution in [3.8, 4) is 0 Å². The fraction of sp³-hybridized carbons (Fsp3) is 0.800. The lowest BCUT2D eigenvalue weighted by Crippen LogP contribution is -2.45. The van der Waals surface area contributed by atoms with Crippen LogP contribution in [-0.2, 0) is 13.6 Å². The summed E-state index contributed by atoms with van der Waals surface area (Å²) in [6, 6.07) is 0.533. The number of halogens is 1. The molecule has 0 spiro atoms. The Morgan fingerprint density at radius 3 is 2.55 bits per heavy atom. The van der Waals surface area contributed by atoms with Crippen molar-refractivity contribution in [2.75, 3.05) is 7.05 Å². The maximum absolute atomic E-state index is 4.30. The molecule has 0 saturated heterocycles. The molecule has 0 aliphatic heterocycles. The Kier molecular flexibility index (Phi) is 8.13. The summed E-state index contributed by atoms with van der Waals surface area (Å²) < 4.78 is 1.91. The molecule has 0 amide bonds. The van der Waals surface area contributed by atoms with Gasteiger partial charge in [-0.1, -0.05) is 13.8 Å². The molecule has 0 atom stereocenters. The highest BCUT2D eigenvalue weighted by molar-refractivity contribution is 14.0. The van der Waals surface area contributed by atoms with Crippen LogP contribution in [0.3, 0.4) is 0 Å². The minimum Gasteiger partial charge on any atom is -0.354 e. The van der Waals surface area contributed by atoms with E-state index >= 15 is 0 Å². The second-order valence-electron chi connectivity index (χ2n) is 6.28. The van der Waals surface area contributed by atoms with E-state index in [-0.39, 0.29) is 24.0 Å². The van der Waals surface area contributed by atoms with Crippen molar-refractivity contribution in [2.45, 2.75) is 52.1 Å². The van der Waals surface area contributed by atoms with Gasteiger partial charge in [0.05, 0.1) is 6.54 Å². The lowest BCUT2D eigenvalue weighted by atomic mass is 9.80. The van der Waals surface area contributed by atoms with Crippen molar-refractivity contribution >= 4 is 29.9 Å². The van der Waals surface area contributed by atoms with Gasteiger partial charge in [0, 0.05) is 20.1 Å². The van der Waals surface area contributed by atoms with Crippen LogP contribution in [0, 0.1) is 11.8 Å². The molecule has 2 N–H and O–H groups in total. The number of rotatable bonds is 4. The summed E-state index contributed by atoms with van der Waals surface area (Å²) in [6.45, 7) is 5.30. The predicted molar refractivity (Wildman–Crippen MR) is 100 cm³/mol. The smallest absolute Gasteiger partial charge is 0.191 e. The molecule has 1 aliphatic rings. The number of guanidine groups is 1. The Morgan fingerprint density at radius 2 is 2.05 bits per heavy atom. The standard InChI is InChI=1S/C15H28N6.HI/c1-11(2)12-5-7-13(8-6-12)19-15(16-3)17-9-14-20-18-10-21(14)4;/h10-13H,5-9H2,1-4H3,(H2,16,17,19);1H. The summed E-state index contributed by atoms with van der Waals surface area (Å²) >= 11 is 0. The third-order valence-corrected chi connectivity index (χ3v) is 4.50. The summed E-state index contributed by atoms with van der Waals surface area (Å²) in [7, 11) is 3.76. The lowest BCUT2D eigenvalue weighted by molar-refractivity contribution is 0.250. The highest BCUT2D eigenvalue weighted by Gasteiger charge is 2.23. The zero-order valence-corrected chi connectivity index (χ0v) is 16.4. The van der Waals surface area contributed by atoms with Crippen LogP contribution in [0.1, 0.15) is 45.4 Å². The summed E-state index contributed by atoms with van der Waals surface area (Å²) in [5.41, 5.74) is 0. The number of aliphatic imine (C=N–C) groups is 1. The summed E-state index contributed by atoms with van der Waals surface area (Å²) in [6.07, 6.45) is 6.80. The SMILES string of the molecule is CN=C(NCc1nncn1C)NC1CCC(C(C)C)CC1.I. The van der Waals surface area contributed by atoms with E-state index < -0.39 is 0 Å². The first-order chi connectivity index (χ1) is 10.1. The van der Waals surface area contributed by atoms with Crippen LogP contribution in [-0.4, -0.2) is 33.8 Å². The van der Waals surface area contributed by atoms with Gasteiger partial charge in [0.15, 0.2) is 11.8 Å². The van der Waals surface area contributed by atoms with Crippen LogP contribution in [0.25, 0.3) is 0 Å². The van der Waals surface area contributed by atoms with Gasteiger partial charge in [-0.2, -0.15) is 0 Å². The van der Waals surface area contributed by atoms with Gasteiger partial charge in [-0.05, 0) is 37.5 Å². The summed E-state index contributed by atoms with van der Waals surface area (Å²) in [4.78, 5) is 4.30. The van der Waals surface area contributed by atoms with Crippen LogP contribution in [0.5, 0.6) is 0 Å². The minimum atomic E-state index is 0. The molecular formula is C15H29IN6. The van der Waals surface area contributed by atoms with Gasteiger partial charge in [-0.25, -0.2) is 0 Å². The zero-order chi connectivity index (χ0) is 15.2. The summed E-state index contributed by atoms with van der Waals surface area (Å²) in [5.74, 6) is 3.45. The second-order valence-corrected chi connectivity index (χ2v) is 6.28. The molecule has 0 bridgehead atoms. The Balaban J connectivity index is 0.00000242. The molecule has 126 valence electrons. The largest absolute Gasteiger partial charge is 0.354 e. The van der Waals surface area contributed by atoms with Crippen LogP contribution >= 0.6 is 24.0 Å². The average Bonchev–Trinajstić information content (AvgIpc) is 2.89. The number of aromatic nitrogens is 3. The number of nitrogens with one attached hydrogen (secondary N) is 2. The van der Waals surface area contributed by atoms with Gasteiger partial charge in [0.1, 0.15) is 6.33 Å². The van der Waals surface area contributed by atoms with Gasteiger partial charge in [-0.15, -0.1) is 34.2 Å². The molecule has 0 unspecified atom stereocenters. The number of hydrogen-bond acceptors (Lipinski definition) is 3. The maximum atomic E-state index is 4.30. The molecule has 1 fully saturated rings. The van der Waals surface area contributed by atoms with Crippen molar-refractivity contribution in [1.29, 1.82) is 0 Å². The summed E-state index contributed by atoms with van der Waals surface area (Å²) in [5, 5.41) is 14.8. The number of aryl methyl sites for hydroxylation is 1. The van der Waals surface area contributed by atoms with Crippen molar-refractivity contribution in [3.05, 3.63) is 12.2 Å². The monoisotopic (exact) mass is 420 g/mol. The molecule has 1 saturated carbocycles. The maximum Gasteiger partial charge on any atom is 0.191 e. The van der Waals surface area contributed by atoms with Gasteiger partial charge < -0.3 is 15.2 Å². The average molecular weight is 420 g/mol. The van der Waals surface area contributed by atoms with E-state index in [0.29, 0.717) is 12.6 Å². The van der Waals surface area contributed by atoms with Crippen molar-refractivity contribution in [1.82, 2.24) is 25.4 Å². The van der Waals surface area contributed by atoms with Gasteiger partial charge >= 0.3 is 0 Å². The lowest BCUT2D eigenvalue weighted by Gasteiger charge is -2.32. The van der Waals surface area contributed by atoms with Crippen LogP contribution in [0.4, 0.5) is 0 Å². The Morgan fingerprint density at radius 1 is 1.36 bits per heavy atom. The van der Waals surface area contributed by atoms with Gasteiger partial charge in [0.25, 0.3) is 0 Å². The Labute approximate surface area is 150 Å². The van der Waals surface area contributed by atoms with Crippen LogP contribution in [0.2, 0.25) is 0 Å². The van der Waals surface area contributed by atoms with Crippen molar-refractivity contribution in [2.24, 2.45) is 23.9 Å². The van der Waals surface area contributed by atoms with Gasteiger partial charge in [0.2, 0.25) is 0 Å². The quantitative estimate of drug-likeness (QED) is 0.446. The number of nitrogens with zero attached hydrogens (tertiary/aromatic N) is 4. The third-order valence-electron chi connectivity index (χ3n) is 4.50. The minimum absolute atomic E-state index is 0. The predicted octanol–water partition coefficient (Wildman–Crippen LogP) is 2.31. The molecule has 7 heteroatoms. The van der Waals surface area contributed by atoms with E-state index in [1.807, 2.05) is 18.7 Å². The molecule has 2 rings (SSSR count). The molecular weight excluding hydrogens is 391 g/mol. The molecule has 1 aliphatic carbocycles. The second kappa shape index (κ2) is 9.32. The third kappa shape index (κ3) is 5.40. The topological polar surface area (TPSA) is 67.1 Å². The van der Waals surface area contributed by atoms with Crippen LogP contribution in [0.15, 0.2) is 11.3 Å². The molecule has 1 aromatic rings. The first kappa shape index (κ1) is 19.2. The van der Waals surface area contributed by atoms with Crippen molar-refractivity contribution in [3.63, 3.8) is 0 Å². The molecule has 0 aromatic carbocycles. The van der Waals surface area contributed by atoms with E-state index in [1.54, 1.807) is 6.33 Å². The first-order valence-corrected chi connectivity index (χ1v) is 7.90. The fourth-order valence-electron chi connectivity index (χ4n) is 2.95. The molecule has 1 heterocycles. The van der Waals surface area contributed by atoms with Gasteiger partial charge in [-0.3, -0.25) is 4.99 Å². The molecule has 6 nitrogen and oxygen atoms in total. The normalized spacial score (nSPS) is 22.3. The highest BCUT2D eigenvalue weighted by Crippen LogP contribution is 2.29. The molecule has 1 aromatic heterocycles.